The van der Waals surface area contributed by atoms with Crippen LogP contribution in [0.15, 0.2) is 39.8 Å². The first-order valence-electron chi connectivity index (χ1n) is 7.89. The number of rotatable bonds is 5. The van der Waals surface area contributed by atoms with Crippen LogP contribution in [0.2, 0.25) is 5.02 Å². The minimum absolute atomic E-state index is 0.0174. The van der Waals surface area contributed by atoms with Crippen LogP contribution in [0.4, 0.5) is 5.13 Å². The molecule has 1 N–H and O–H groups in total. The molecule has 26 heavy (non-hydrogen) atoms. The molecule has 1 aliphatic heterocycles. The molecule has 7 nitrogen and oxygen atoms in total. The predicted octanol–water partition coefficient (Wildman–Crippen LogP) is 2.64. The number of nitrogens with one attached hydrogen (secondary N) is 1. The number of carbonyl (C=O) groups excluding carboxylic acids is 1. The second-order valence-corrected chi connectivity index (χ2v) is 9.10. The van der Waals surface area contributed by atoms with Gasteiger partial charge >= 0.3 is 0 Å². The molecule has 2 aromatic rings. The van der Waals surface area contributed by atoms with E-state index in [0.717, 1.165) is 32.2 Å². The second kappa shape index (κ2) is 7.73. The van der Waals surface area contributed by atoms with Crippen LogP contribution in [0.3, 0.4) is 0 Å². The lowest BCUT2D eigenvalue weighted by atomic mass is 10.1. The summed E-state index contributed by atoms with van der Waals surface area (Å²) < 4.78 is 23.5. The van der Waals surface area contributed by atoms with Gasteiger partial charge in [0.05, 0.1) is 9.92 Å². The smallest absolute Gasteiger partial charge is 0.278 e. The first kappa shape index (κ1) is 18.8. The molecule has 1 aliphatic rings. The minimum Gasteiger partial charge on any atom is -0.296 e. The number of aromatic nitrogens is 1. The Morgan fingerprint density at radius 3 is 2.65 bits per heavy atom. The average molecular weight is 413 g/mol. The summed E-state index contributed by atoms with van der Waals surface area (Å²) in [6.07, 6.45) is 4.70. The van der Waals surface area contributed by atoms with E-state index in [1.807, 2.05) is 5.01 Å². The number of benzene rings is 1. The molecule has 1 aromatic carbocycles. The normalized spacial score (nSPS) is 15.3. The first-order valence-corrected chi connectivity index (χ1v) is 11.0. The lowest BCUT2D eigenvalue weighted by molar-refractivity contribution is -0.110. The van der Waals surface area contributed by atoms with Crippen molar-refractivity contribution in [1.29, 1.82) is 0 Å². The van der Waals surface area contributed by atoms with Gasteiger partial charge < -0.3 is 0 Å². The summed E-state index contributed by atoms with van der Waals surface area (Å²) in [6.45, 7) is 1.53. The van der Waals surface area contributed by atoms with E-state index in [-0.39, 0.29) is 15.6 Å². The number of nitrogens with zero attached hydrogens (tertiary/aromatic N) is 3. The number of hydrogen-bond donors (Lipinski definition) is 1. The highest BCUT2D eigenvalue weighted by Gasteiger charge is 2.21. The van der Waals surface area contributed by atoms with E-state index in [1.54, 1.807) is 17.6 Å². The third-order valence-corrected chi connectivity index (χ3v) is 6.06. The number of hydrogen-bond acceptors (Lipinski definition) is 7. The van der Waals surface area contributed by atoms with Crippen LogP contribution in [0.5, 0.6) is 0 Å². The molecule has 0 spiro atoms. The first-order chi connectivity index (χ1) is 12.3. The monoisotopic (exact) mass is 412 g/mol. The second-order valence-electron chi connectivity index (χ2n) is 5.82. The largest absolute Gasteiger partial charge is 0.296 e. The van der Waals surface area contributed by atoms with E-state index < -0.39 is 15.7 Å². The lowest BCUT2D eigenvalue weighted by Gasteiger charge is -2.14. The molecule has 138 valence electrons. The Morgan fingerprint density at radius 2 is 2.08 bits per heavy atom. The van der Waals surface area contributed by atoms with Crippen LogP contribution in [0.25, 0.3) is 0 Å². The summed E-state index contributed by atoms with van der Waals surface area (Å²) in [5.41, 5.74) is 0.618. The molecule has 0 bridgehead atoms. The molecule has 1 aromatic heterocycles. The van der Waals surface area contributed by atoms with Crippen molar-refractivity contribution in [2.24, 2.45) is 5.10 Å². The highest BCUT2D eigenvalue weighted by atomic mass is 35.5. The Morgan fingerprint density at radius 1 is 1.35 bits per heavy atom. The van der Waals surface area contributed by atoms with Crippen LogP contribution >= 0.6 is 22.9 Å². The van der Waals surface area contributed by atoms with Crippen LogP contribution in [-0.4, -0.2) is 49.4 Å². The van der Waals surface area contributed by atoms with Gasteiger partial charge in [0.15, 0.2) is 20.7 Å². The van der Waals surface area contributed by atoms with Gasteiger partial charge in [-0.2, -0.15) is 5.10 Å². The molecule has 10 heteroatoms. The van der Waals surface area contributed by atoms with Crippen molar-refractivity contribution in [3.63, 3.8) is 0 Å². The quantitative estimate of drug-likeness (QED) is 0.762. The van der Waals surface area contributed by atoms with E-state index in [9.17, 15) is 13.2 Å². The summed E-state index contributed by atoms with van der Waals surface area (Å²) in [5, 5.41) is 11.3. The summed E-state index contributed by atoms with van der Waals surface area (Å²) in [7, 11) is -3.45. The minimum atomic E-state index is -3.45. The number of amides is 1. The maximum absolute atomic E-state index is 12.7. The summed E-state index contributed by atoms with van der Waals surface area (Å²) >= 11 is 7.43. The van der Waals surface area contributed by atoms with Crippen molar-refractivity contribution >= 4 is 49.5 Å². The summed E-state index contributed by atoms with van der Waals surface area (Å²) in [5.74, 6) is -0.421. The predicted molar refractivity (Wildman–Crippen MR) is 103 cm³/mol. The number of anilines is 1. The number of carbonyl (C=O) groups is 1. The number of sulfone groups is 1. The van der Waals surface area contributed by atoms with E-state index in [4.69, 9.17) is 11.6 Å². The Hall–Kier alpha value is -1.97. The van der Waals surface area contributed by atoms with Gasteiger partial charge in [0, 0.05) is 36.5 Å². The molecule has 0 atom stereocenters. The SMILES string of the molecule is CS(=O)(=O)c1ccc(/C(=N\N2CCCC2)C(=O)Nc2nccs2)cc1Cl. The van der Waals surface area contributed by atoms with Crippen LogP contribution in [0.1, 0.15) is 18.4 Å². The van der Waals surface area contributed by atoms with E-state index in [2.05, 4.69) is 15.4 Å². The highest BCUT2D eigenvalue weighted by Crippen LogP contribution is 2.24. The Balaban J connectivity index is 1.97. The molecule has 0 saturated carbocycles. The van der Waals surface area contributed by atoms with Crippen molar-refractivity contribution < 1.29 is 13.2 Å². The van der Waals surface area contributed by atoms with Crippen molar-refractivity contribution in [3.8, 4) is 0 Å². The van der Waals surface area contributed by atoms with Gasteiger partial charge in [-0.3, -0.25) is 15.1 Å². The molecule has 3 rings (SSSR count). The van der Waals surface area contributed by atoms with Crippen LogP contribution < -0.4 is 5.32 Å². The zero-order chi connectivity index (χ0) is 18.7. The Labute approximate surface area is 160 Å². The van der Waals surface area contributed by atoms with Gasteiger partial charge in [-0.25, -0.2) is 13.4 Å². The molecule has 0 unspecified atom stereocenters. The van der Waals surface area contributed by atoms with Crippen molar-refractivity contribution in [3.05, 3.63) is 40.4 Å². The molecule has 0 aliphatic carbocycles. The summed E-state index contributed by atoms with van der Waals surface area (Å²) in [6, 6.07) is 4.38. The molecule has 1 fully saturated rings. The van der Waals surface area contributed by atoms with Gasteiger partial charge in [0.25, 0.3) is 5.91 Å². The molecular formula is C16H17ClN4O3S2. The molecule has 2 heterocycles. The van der Waals surface area contributed by atoms with E-state index in [0.29, 0.717) is 10.7 Å². The summed E-state index contributed by atoms with van der Waals surface area (Å²) in [4.78, 5) is 16.8. The standard InChI is InChI=1S/C16H17ClN4O3S2/c1-26(23,24)13-5-4-11(10-12(13)17)14(20-21-7-2-3-8-21)15(22)19-16-18-6-9-25-16/h4-6,9-10H,2-3,7-8H2,1H3,(H,18,19,22)/b20-14+. The molecule has 0 radical (unpaired) electrons. The lowest BCUT2D eigenvalue weighted by Crippen LogP contribution is -2.27. The zero-order valence-corrected chi connectivity index (χ0v) is 16.4. The third kappa shape index (κ3) is 4.40. The van der Waals surface area contributed by atoms with E-state index >= 15 is 0 Å². The van der Waals surface area contributed by atoms with Crippen LogP contribution in [0, 0.1) is 0 Å². The molecule has 1 amide bonds. The van der Waals surface area contributed by atoms with Crippen molar-refractivity contribution in [2.45, 2.75) is 17.7 Å². The van der Waals surface area contributed by atoms with Crippen molar-refractivity contribution in [1.82, 2.24) is 9.99 Å². The van der Waals surface area contributed by atoms with Gasteiger partial charge in [0.1, 0.15) is 0 Å². The average Bonchev–Trinajstić information content (AvgIpc) is 3.24. The Bertz CT molecular complexity index is 936. The number of halogens is 1. The highest BCUT2D eigenvalue weighted by molar-refractivity contribution is 7.90. The number of thiazole rings is 1. The van der Waals surface area contributed by atoms with Gasteiger partial charge in [0.2, 0.25) is 0 Å². The zero-order valence-electron chi connectivity index (χ0n) is 14.0. The molecular weight excluding hydrogens is 396 g/mol. The third-order valence-electron chi connectivity index (χ3n) is 3.80. The van der Waals surface area contributed by atoms with Gasteiger partial charge in [-0.1, -0.05) is 17.7 Å². The molecule has 1 saturated heterocycles. The fourth-order valence-electron chi connectivity index (χ4n) is 2.57. The Kier molecular flexibility index (Phi) is 5.59. The van der Waals surface area contributed by atoms with Crippen molar-refractivity contribution in [2.75, 3.05) is 24.7 Å². The maximum Gasteiger partial charge on any atom is 0.278 e. The fourth-order valence-corrected chi connectivity index (χ4v) is 4.42. The van der Waals surface area contributed by atoms with Gasteiger partial charge in [-0.05, 0) is 25.0 Å². The number of hydrazone groups is 1. The fraction of sp³-hybridized carbons (Fsp3) is 0.312. The van der Waals surface area contributed by atoms with Gasteiger partial charge in [-0.15, -0.1) is 11.3 Å². The topological polar surface area (TPSA) is 91.7 Å². The van der Waals surface area contributed by atoms with E-state index in [1.165, 1.54) is 23.5 Å². The maximum atomic E-state index is 12.7. The van der Waals surface area contributed by atoms with Crippen LogP contribution in [-0.2, 0) is 14.6 Å².